The van der Waals surface area contributed by atoms with Crippen molar-refractivity contribution >= 4 is 69.7 Å². The van der Waals surface area contributed by atoms with Crippen LogP contribution in [-0.4, -0.2) is 72.2 Å². The normalized spacial score (nSPS) is 18.5. The van der Waals surface area contributed by atoms with Crippen molar-refractivity contribution in [1.82, 2.24) is 10.2 Å². The zero-order valence-corrected chi connectivity index (χ0v) is 28.2. The van der Waals surface area contributed by atoms with Gasteiger partial charge in [0.25, 0.3) is 9.70 Å². The monoisotopic (exact) mass is 704 g/mol. The maximum atomic E-state index is 13.8. The average Bonchev–Trinajstić information content (AvgIpc) is 3.42. The fraction of sp³-hybridized carbons (Fsp3) is 0.353. The Labute approximate surface area is 289 Å². The minimum absolute atomic E-state index is 0.261. The van der Waals surface area contributed by atoms with Gasteiger partial charge in [-0.3, -0.25) is 14.6 Å². The van der Waals surface area contributed by atoms with Crippen LogP contribution in [0.4, 0.5) is 16.2 Å². The predicted molar refractivity (Wildman–Crippen MR) is 186 cm³/mol. The molecule has 8 nitrogen and oxygen atoms in total. The third-order valence-electron chi connectivity index (χ3n) is 7.94. The number of alkyl halides is 3. The number of morpholine rings is 1. The number of para-hydroxylation sites is 1. The van der Waals surface area contributed by atoms with Gasteiger partial charge in [-0.05, 0) is 61.2 Å². The van der Waals surface area contributed by atoms with Crippen LogP contribution in [0.5, 0.6) is 5.75 Å². The average molecular weight is 706 g/mol. The number of hydrogen-bond acceptors (Lipinski definition) is 5. The maximum absolute atomic E-state index is 13.8. The van der Waals surface area contributed by atoms with Crippen LogP contribution in [0, 0.1) is 0 Å². The molecule has 3 aromatic rings. The van der Waals surface area contributed by atoms with Crippen molar-refractivity contribution in [2.45, 2.75) is 28.6 Å². The molecule has 1 aliphatic carbocycles. The van der Waals surface area contributed by atoms with Gasteiger partial charge in [-0.2, -0.15) is 0 Å². The van der Waals surface area contributed by atoms with Gasteiger partial charge in [0.2, 0.25) is 0 Å². The van der Waals surface area contributed by atoms with Crippen LogP contribution in [0.3, 0.4) is 0 Å². The summed E-state index contributed by atoms with van der Waals surface area (Å²) in [5.74, 6) is -0.0634. The molecule has 1 saturated heterocycles. The molecular formula is C34H36Cl4N4O4. The van der Waals surface area contributed by atoms with E-state index in [-0.39, 0.29) is 12.6 Å². The summed E-state index contributed by atoms with van der Waals surface area (Å²) in [5, 5.41) is 6.55. The van der Waals surface area contributed by atoms with E-state index in [1.165, 1.54) is 0 Å². The topological polar surface area (TPSA) is 83.1 Å². The van der Waals surface area contributed by atoms with Crippen molar-refractivity contribution in [2.24, 2.45) is 0 Å². The van der Waals surface area contributed by atoms with Crippen molar-refractivity contribution in [1.29, 1.82) is 0 Å². The first-order valence-corrected chi connectivity index (χ1v) is 16.6. The standard InChI is InChI=1S/C34H36Cl4N4O4/c35-27-7-4-6-25(20-27)22-33(40-31(43)34(36,37)38)13-12-26(23-33)24-42(32(44)39-28-8-2-1-3-9-28)29-10-5-11-30(21-29)46-19-16-41-14-17-45-18-15-41/h1-11,20-21,23H,12-19,22,24H2,(H,39,44)(H,40,43)/t33-/m1/s1. The lowest BCUT2D eigenvalue weighted by molar-refractivity contribution is -0.121. The first-order valence-electron chi connectivity index (χ1n) is 15.1. The van der Waals surface area contributed by atoms with Gasteiger partial charge in [0.1, 0.15) is 12.4 Å². The molecule has 0 bridgehead atoms. The molecule has 0 spiro atoms. The van der Waals surface area contributed by atoms with Crippen molar-refractivity contribution in [3.8, 4) is 5.75 Å². The van der Waals surface area contributed by atoms with Crippen LogP contribution in [0.15, 0.2) is 90.5 Å². The zero-order valence-electron chi connectivity index (χ0n) is 25.2. The highest BCUT2D eigenvalue weighted by atomic mass is 35.6. The van der Waals surface area contributed by atoms with E-state index in [4.69, 9.17) is 55.9 Å². The highest BCUT2D eigenvalue weighted by molar-refractivity contribution is 6.76. The van der Waals surface area contributed by atoms with Gasteiger partial charge in [0.15, 0.2) is 0 Å². The van der Waals surface area contributed by atoms with Gasteiger partial charge < -0.3 is 20.1 Å². The molecule has 12 heteroatoms. The molecule has 0 unspecified atom stereocenters. The minimum Gasteiger partial charge on any atom is -0.492 e. The number of carbonyl (C=O) groups is 2. The van der Waals surface area contributed by atoms with Gasteiger partial charge in [0.05, 0.1) is 18.8 Å². The van der Waals surface area contributed by atoms with Crippen molar-refractivity contribution in [3.63, 3.8) is 0 Å². The lowest BCUT2D eigenvalue weighted by atomic mass is 9.90. The number of ether oxygens (including phenoxy) is 2. The SMILES string of the molecule is O=C(Nc1ccccc1)N(CC1=C[C@@](Cc2cccc(Cl)c2)(NC(=O)C(Cl)(Cl)Cl)CC1)c1cccc(OCCN2CCOCC2)c1. The number of carbonyl (C=O) groups excluding carboxylic acids is 2. The number of nitrogens with one attached hydrogen (secondary N) is 2. The highest BCUT2D eigenvalue weighted by Gasteiger charge is 2.41. The van der Waals surface area contributed by atoms with E-state index in [1.54, 1.807) is 11.0 Å². The molecule has 46 heavy (non-hydrogen) atoms. The second-order valence-electron chi connectivity index (χ2n) is 11.4. The van der Waals surface area contributed by atoms with E-state index in [1.807, 2.05) is 78.9 Å². The Morgan fingerprint density at radius 2 is 1.74 bits per heavy atom. The van der Waals surface area contributed by atoms with Crippen LogP contribution in [0.25, 0.3) is 0 Å². The molecule has 3 aromatic carbocycles. The lowest BCUT2D eigenvalue weighted by Gasteiger charge is -2.30. The number of halogens is 4. The van der Waals surface area contributed by atoms with Crippen molar-refractivity contribution in [3.05, 3.63) is 101 Å². The molecule has 2 aliphatic rings. The van der Waals surface area contributed by atoms with E-state index in [9.17, 15) is 9.59 Å². The second kappa shape index (κ2) is 15.7. The molecular weight excluding hydrogens is 670 g/mol. The largest absolute Gasteiger partial charge is 0.492 e. The molecule has 0 aromatic heterocycles. The summed E-state index contributed by atoms with van der Waals surface area (Å²) >= 11 is 24.2. The zero-order chi connectivity index (χ0) is 32.6. The Morgan fingerprint density at radius 1 is 0.978 bits per heavy atom. The molecule has 3 amide bonds. The number of amides is 3. The van der Waals surface area contributed by atoms with Gasteiger partial charge >= 0.3 is 6.03 Å². The summed E-state index contributed by atoms with van der Waals surface area (Å²) in [5.41, 5.74) is 2.33. The van der Waals surface area contributed by atoms with Gasteiger partial charge in [-0.25, -0.2) is 4.79 Å². The molecule has 5 rings (SSSR count). The van der Waals surface area contributed by atoms with E-state index < -0.39 is 15.2 Å². The van der Waals surface area contributed by atoms with Gasteiger partial charge in [-0.1, -0.05) is 94.5 Å². The Hall–Kier alpha value is -2.98. The fourth-order valence-electron chi connectivity index (χ4n) is 5.69. The Kier molecular flexibility index (Phi) is 11.8. The molecule has 2 N–H and O–H groups in total. The molecule has 244 valence electrons. The number of hydrogen-bond donors (Lipinski definition) is 2. The fourth-order valence-corrected chi connectivity index (χ4v) is 6.04. The van der Waals surface area contributed by atoms with E-state index in [2.05, 4.69) is 15.5 Å². The van der Waals surface area contributed by atoms with Crippen LogP contribution in [-0.2, 0) is 16.0 Å². The first-order chi connectivity index (χ1) is 22.1. The quantitative estimate of drug-likeness (QED) is 0.162. The molecule has 0 saturated carbocycles. The van der Waals surface area contributed by atoms with Crippen LogP contribution >= 0.6 is 46.4 Å². The van der Waals surface area contributed by atoms with E-state index >= 15 is 0 Å². The third kappa shape index (κ3) is 9.77. The summed E-state index contributed by atoms with van der Waals surface area (Å²) in [7, 11) is 0. The number of benzene rings is 3. The summed E-state index contributed by atoms with van der Waals surface area (Å²) < 4.78 is 9.40. The van der Waals surface area contributed by atoms with Crippen molar-refractivity contribution < 1.29 is 19.1 Å². The molecule has 0 radical (unpaired) electrons. The molecule has 1 aliphatic heterocycles. The number of anilines is 2. The van der Waals surface area contributed by atoms with E-state index in [0.717, 1.165) is 44.0 Å². The van der Waals surface area contributed by atoms with Gasteiger partial charge in [0, 0.05) is 48.6 Å². The minimum atomic E-state index is -2.14. The summed E-state index contributed by atoms with van der Waals surface area (Å²) in [6.07, 6.45) is 3.55. The Balaban J connectivity index is 1.39. The molecule has 1 atom stereocenters. The molecule has 1 heterocycles. The molecule has 1 fully saturated rings. The Bertz CT molecular complexity index is 1530. The first kappa shape index (κ1) is 34.4. The van der Waals surface area contributed by atoms with Crippen LogP contribution in [0.1, 0.15) is 18.4 Å². The number of urea groups is 1. The summed E-state index contributed by atoms with van der Waals surface area (Å²) in [6.45, 7) is 4.78. The Morgan fingerprint density at radius 3 is 2.48 bits per heavy atom. The second-order valence-corrected chi connectivity index (χ2v) is 14.1. The number of rotatable bonds is 11. The maximum Gasteiger partial charge on any atom is 0.326 e. The van der Waals surface area contributed by atoms with E-state index in [0.29, 0.717) is 48.0 Å². The summed E-state index contributed by atoms with van der Waals surface area (Å²) in [4.78, 5) is 30.7. The smallest absolute Gasteiger partial charge is 0.326 e. The van der Waals surface area contributed by atoms with Crippen LogP contribution in [0.2, 0.25) is 5.02 Å². The number of nitrogens with zero attached hydrogens (tertiary/aromatic N) is 2. The highest BCUT2D eigenvalue weighted by Crippen LogP contribution is 2.36. The third-order valence-corrected chi connectivity index (χ3v) is 8.69. The van der Waals surface area contributed by atoms with Crippen molar-refractivity contribution in [2.75, 3.05) is 56.2 Å². The summed E-state index contributed by atoms with van der Waals surface area (Å²) in [6, 6.07) is 23.9. The van der Waals surface area contributed by atoms with Crippen LogP contribution < -0.4 is 20.3 Å². The lowest BCUT2D eigenvalue weighted by Crippen LogP contribution is -2.51. The van der Waals surface area contributed by atoms with Gasteiger partial charge in [-0.15, -0.1) is 0 Å². The predicted octanol–water partition coefficient (Wildman–Crippen LogP) is 7.28.